The summed E-state index contributed by atoms with van der Waals surface area (Å²) >= 11 is 13.4. The standard InChI is InChI=1S/C11H13Cl2N3S/c1-14-4-2-3-10-15-6-8(16-10)7-5-9(12)17-11(7)13/h5-6,14H,2-4H2,1H3,(H,15,16). The van der Waals surface area contributed by atoms with Gasteiger partial charge in [0, 0.05) is 12.0 Å². The van der Waals surface area contributed by atoms with Crippen LogP contribution in [0, 0.1) is 0 Å². The second kappa shape index (κ2) is 5.87. The van der Waals surface area contributed by atoms with Gasteiger partial charge in [-0.1, -0.05) is 23.2 Å². The van der Waals surface area contributed by atoms with Crippen molar-refractivity contribution in [3.8, 4) is 11.3 Å². The number of halogens is 2. The Hall–Kier alpha value is -0.550. The summed E-state index contributed by atoms with van der Waals surface area (Å²) in [5.74, 6) is 0.980. The van der Waals surface area contributed by atoms with Crippen molar-refractivity contribution >= 4 is 34.5 Å². The van der Waals surface area contributed by atoms with Gasteiger partial charge in [0.25, 0.3) is 0 Å². The van der Waals surface area contributed by atoms with Crippen LogP contribution in [-0.2, 0) is 6.42 Å². The van der Waals surface area contributed by atoms with Gasteiger partial charge in [-0.3, -0.25) is 0 Å². The lowest BCUT2D eigenvalue weighted by atomic mass is 10.2. The van der Waals surface area contributed by atoms with Gasteiger partial charge in [-0.25, -0.2) is 4.98 Å². The molecule has 2 rings (SSSR count). The number of nitrogens with zero attached hydrogens (tertiary/aromatic N) is 1. The molecule has 2 aromatic rings. The molecule has 0 amide bonds. The highest BCUT2D eigenvalue weighted by molar-refractivity contribution is 7.20. The normalized spacial score (nSPS) is 11.0. The quantitative estimate of drug-likeness (QED) is 0.826. The maximum absolute atomic E-state index is 6.09. The van der Waals surface area contributed by atoms with Crippen LogP contribution in [0.5, 0.6) is 0 Å². The molecule has 2 N–H and O–H groups in total. The summed E-state index contributed by atoms with van der Waals surface area (Å²) in [6, 6.07) is 1.86. The number of imidazole rings is 1. The van der Waals surface area contributed by atoms with Crippen LogP contribution in [0.2, 0.25) is 8.67 Å². The minimum atomic E-state index is 0.691. The van der Waals surface area contributed by atoms with E-state index in [0.717, 1.165) is 36.5 Å². The molecule has 0 radical (unpaired) electrons. The van der Waals surface area contributed by atoms with E-state index >= 15 is 0 Å². The maximum atomic E-state index is 6.09. The van der Waals surface area contributed by atoms with Crippen molar-refractivity contribution in [3.05, 3.63) is 26.8 Å². The molecule has 6 heteroatoms. The molecule has 0 aliphatic heterocycles. The van der Waals surface area contributed by atoms with Crippen LogP contribution < -0.4 is 5.32 Å². The first kappa shape index (κ1) is 12.9. The number of aryl methyl sites for hydroxylation is 1. The Kier molecular flexibility index (Phi) is 4.45. The van der Waals surface area contributed by atoms with Crippen LogP contribution in [0.15, 0.2) is 12.3 Å². The van der Waals surface area contributed by atoms with Crippen LogP contribution in [0.4, 0.5) is 0 Å². The minimum Gasteiger partial charge on any atom is -0.342 e. The number of H-pyrrole nitrogens is 1. The number of thiophene rings is 1. The first-order valence-electron chi connectivity index (χ1n) is 5.34. The third-order valence-electron chi connectivity index (χ3n) is 2.42. The molecule has 92 valence electrons. The van der Waals surface area contributed by atoms with Gasteiger partial charge in [-0.15, -0.1) is 11.3 Å². The smallest absolute Gasteiger partial charge is 0.106 e. The lowest BCUT2D eigenvalue weighted by Gasteiger charge is -1.97. The average Bonchev–Trinajstić information content (AvgIpc) is 2.86. The first-order chi connectivity index (χ1) is 8.20. The summed E-state index contributed by atoms with van der Waals surface area (Å²) in [4.78, 5) is 7.60. The highest BCUT2D eigenvalue weighted by atomic mass is 35.5. The summed E-state index contributed by atoms with van der Waals surface area (Å²) in [6.07, 6.45) is 3.79. The molecule has 0 spiro atoms. The van der Waals surface area contributed by atoms with Crippen molar-refractivity contribution in [3.63, 3.8) is 0 Å². The fraction of sp³-hybridized carbons (Fsp3) is 0.364. The van der Waals surface area contributed by atoms with E-state index in [9.17, 15) is 0 Å². The van der Waals surface area contributed by atoms with Gasteiger partial charge in [-0.2, -0.15) is 0 Å². The SMILES string of the molecule is CNCCCc1ncc(-c2cc(Cl)sc2Cl)[nH]1. The molecule has 0 saturated heterocycles. The van der Waals surface area contributed by atoms with E-state index in [0.29, 0.717) is 8.67 Å². The Morgan fingerprint density at radius 3 is 2.94 bits per heavy atom. The third-order valence-corrected chi connectivity index (χ3v) is 3.90. The van der Waals surface area contributed by atoms with Gasteiger partial charge < -0.3 is 10.3 Å². The lowest BCUT2D eigenvalue weighted by molar-refractivity contribution is 0.707. The second-order valence-electron chi connectivity index (χ2n) is 3.69. The van der Waals surface area contributed by atoms with Crippen molar-refractivity contribution in [2.45, 2.75) is 12.8 Å². The summed E-state index contributed by atoms with van der Waals surface area (Å²) in [7, 11) is 1.95. The molecule has 0 saturated carbocycles. The van der Waals surface area contributed by atoms with Crippen LogP contribution in [0.3, 0.4) is 0 Å². The molecule has 0 aromatic carbocycles. The summed E-state index contributed by atoms with van der Waals surface area (Å²) < 4.78 is 1.39. The number of hydrogen-bond donors (Lipinski definition) is 2. The second-order valence-corrected chi connectivity index (χ2v) is 5.97. The molecule has 3 nitrogen and oxygen atoms in total. The van der Waals surface area contributed by atoms with Crippen molar-refractivity contribution in [1.82, 2.24) is 15.3 Å². The Labute approximate surface area is 114 Å². The van der Waals surface area contributed by atoms with Gasteiger partial charge in [0.15, 0.2) is 0 Å². The van der Waals surface area contributed by atoms with E-state index in [1.54, 1.807) is 6.20 Å². The molecule has 2 aromatic heterocycles. The zero-order chi connectivity index (χ0) is 12.3. The molecular formula is C11H13Cl2N3S. The average molecular weight is 290 g/mol. The fourth-order valence-electron chi connectivity index (χ4n) is 1.58. The predicted octanol–water partition coefficient (Wildman–Crippen LogP) is 3.60. The van der Waals surface area contributed by atoms with E-state index < -0.39 is 0 Å². The lowest BCUT2D eigenvalue weighted by Crippen LogP contribution is -2.08. The highest BCUT2D eigenvalue weighted by Crippen LogP contribution is 2.37. The molecule has 0 bridgehead atoms. The number of hydrogen-bond acceptors (Lipinski definition) is 3. The van der Waals surface area contributed by atoms with Crippen molar-refractivity contribution in [2.24, 2.45) is 0 Å². The van der Waals surface area contributed by atoms with Crippen molar-refractivity contribution in [1.29, 1.82) is 0 Å². The van der Waals surface area contributed by atoms with Gasteiger partial charge in [0.1, 0.15) is 10.2 Å². The summed E-state index contributed by atoms with van der Waals surface area (Å²) in [5.41, 5.74) is 1.85. The largest absolute Gasteiger partial charge is 0.342 e. The molecule has 0 aliphatic rings. The number of rotatable bonds is 5. The summed E-state index contributed by atoms with van der Waals surface area (Å²) in [5, 5.41) is 3.11. The third kappa shape index (κ3) is 3.22. The van der Waals surface area contributed by atoms with Crippen molar-refractivity contribution in [2.75, 3.05) is 13.6 Å². The molecule has 0 atom stereocenters. The summed E-state index contributed by atoms with van der Waals surface area (Å²) in [6.45, 7) is 0.987. The molecule has 0 unspecified atom stereocenters. The number of nitrogens with one attached hydrogen (secondary N) is 2. The van der Waals surface area contributed by atoms with Crippen LogP contribution >= 0.6 is 34.5 Å². The maximum Gasteiger partial charge on any atom is 0.106 e. The molecule has 17 heavy (non-hydrogen) atoms. The topological polar surface area (TPSA) is 40.7 Å². The Bertz CT molecular complexity index is 493. The molecule has 2 heterocycles. The first-order valence-corrected chi connectivity index (χ1v) is 6.91. The number of aromatic nitrogens is 2. The van der Waals surface area contributed by atoms with E-state index in [1.165, 1.54) is 11.3 Å². The highest BCUT2D eigenvalue weighted by Gasteiger charge is 2.10. The van der Waals surface area contributed by atoms with Gasteiger partial charge >= 0.3 is 0 Å². The van der Waals surface area contributed by atoms with Crippen molar-refractivity contribution < 1.29 is 0 Å². The van der Waals surface area contributed by atoms with E-state index in [2.05, 4.69) is 15.3 Å². The Morgan fingerprint density at radius 2 is 2.29 bits per heavy atom. The zero-order valence-corrected chi connectivity index (χ0v) is 11.7. The van der Waals surface area contributed by atoms with Crippen LogP contribution in [0.25, 0.3) is 11.3 Å². The monoisotopic (exact) mass is 289 g/mol. The van der Waals surface area contributed by atoms with Gasteiger partial charge in [-0.05, 0) is 26.1 Å². The Morgan fingerprint density at radius 1 is 1.47 bits per heavy atom. The minimum absolute atomic E-state index is 0.691. The number of aromatic amines is 1. The molecule has 0 fully saturated rings. The van der Waals surface area contributed by atoms with Crippen LogP contribution in [-0.4, -0.2) is 23.6 Å². The van der Waals surface area contributed by atoms with E-state index in [1.807, 2.05) is 13.1 Å². The zero-order valence-electron chi connectivity index (χ0n) is 9.39. The van der Waals surface area contributed by atoms with Gasteiger partial charge in [0.05, 0.1) is 16.2 Å². The Balaban J connectivity index is 2.10. The van der Waals surface area contributed by atoms with E-state index in [4.69, 9.17) is 23.2 Å². The fourth-order valence-corrected chi connectivity index (χ4v) is 3.07. The predicted molar refractivity (Wildman–Crippen MR) is 74.2 cm³/mol. The molecular weight excluding hydrogens is 277 g/mol. The van der Waals surface area contributed by atoms with E-state index in [-0.39, 0.29) is 0 Å². The van der Waals surface area contributed by atoms with Gasteiger partial charge in [0.2, 0.25) is 0 Å². The molecule has 0 aliphatic carbocycles. The van der Waals surface area contributed by atoms with Crippen LogP contribution in [0.1, 0.15) is 12.2 Å².